The highest BCUT2D eigenvalue weighted by atomic mass is 32.2. The molecule has 96 valence electrons. The number of fused-ring (bicyclic) bond motifs is 1. The lowest BCUT2D eigenvalue weighted by atomic mass is 10.2. The molecule has 0 saturated carbocycles. The number of hydrogen-bond acceptors (Lipinski definition) is 4. The fourth-order valence-corrected chi connectivity index (χ4v) is 4.06. The van der Waals surface area contributed by atoms with E-state index in [1.54, 1.807) is 29.4 Å². The number of aryl methyl sites for hydroxylation is 2. The number of benzene rings is 1. The van der Waals surface area contributed by atoms with E-state index in [2.05, 4.69) is 48.1 Å². The van der Waals surface area contributed by atoms with Gasteiger partial charge in [0.1, 0.15) is 16.2 Å². The molecular formula is C15H14N2S2. The molecule has 0 spiro atoms. The van der Waals surface area contributed by atoms with Crippen LogP contribution < -0.4 is 0 Å². The molecule has 0 amide bonds. The Hall–Kier alpha value is -1.39. The summed E-state index contributed by atoms with van der Waals surface area (Å²) in [6.45, 7) is 4.30. The zero-order chi connectivity index (χ0) is 13.2. The molecule has 0 N–H and O–H groups in total. The predicted molar refractivity (Wildman–Crippen MR) is 82.9 cm³/mol. The summed E-state index contributed by atoms with van der Waals surface area (Å²) in [7, 11) is 0. The maximum absolute atomic E-state index is 4.45. The fourth-order valence-electron chi connectivity index (χ4n) is 1.99. The molecule has 0 atom stereocenters. The summed E-state index contributed by atoms with van der Waals surface area (Å²) in [5.41, 5.74) is 2.64. The summed E-state index contributed by atoms with van der Waals surface area (Å²) in [4.78, 5) is 11.3. The van der Waals surface area contributed by atoms with Gasteiger partial charge in [-0.05, 0) is 25.0 Å². The quantitative estimate of drug-likeness (QED) is 0.520. The Kier molecular flexibility index (Phi) is 3.53. The van der Waals surface area contributed by atoms with Gasteiger partial charge in [0.25, 0.3) is 0 Å². The van der Waals surface area contributed by atoms with Crippen molar-refractivity contribution >= 4 is 33.3 Å². The van der Waals surface area contributed by atoms with Crippen molar-refractivity contribution in [3.8, 4) is 0 Å². The van der Waals surface area contributed by atoms with Gasteiger partial charge in [-0.2, -0.15) is 0 Å². The molecule has 0 saturated heterocycles. The number of hydrogen-bond donors (Lipinski definition) is 0. The number of thioether (sulfide) groups is 1. The van der Waals surface area contributed by atoms with Crippen molar-refractivity contribution in [3.63, 3.8) is 0 Å². The minimum absolute atomic E-state index is 0.946. The monoisotopic (exact) mass is 286 g/mol. The molecule has 3 rings (SSSR count). The van der Waals surface area contributed by atoms with Crippen molar-refractivity contribution in [1.82, 2.24) is 9.97 Å². The molecule has 0 radical (unpaired) electrons. The minimum atomic E-state index is 0.946. The van der Waals surface area contributed by atoms with Crippen LogP contribution in [0.1, 0.15) is 16.0 Å². The largest absolute Gasteiger partial charge is 0.229 e. The molecule has 0 aliphatic rings. The van der Waals surface area contributed by atoms with Crippen LogP contribution in [0.15, 0.2) is 41.7 Å². The van der Waals surface area contributed by atoms with Crippen molar-refractivity contribution in [2.75, 3.05) is 0 Å². The molecular weight excluding hydrogens is 272 g/mol. The second-order valence-electron chi connectivity index (χ2n) is 4.42. The standard InChI is InChI=1S/C15H14N2S2/c1-10-11(2)19-15-13(10)14(16-9-17-15)18-8-12-6-4-3-5-7-12/h3-7,9H,8H2,1-2H3. The lowest BCUT2D eigenvalue weighted by Gasteiger charge is -2.03. The average molecular weight is 286 g/mol. The van der Waals surface area contributed by atoms with Gasteiger partial charge in [-0.1, -0.05) is 30.3 Å². The van der Waals surface area contributed by atoms with E-state index in [1.165, 1.54) is 21.4 Å². The molecule has 2 aromatic heterocycles. The zero-order valence-electron chi connectivity index (χ0n) is 10.9. The minimum Gasteiger partial charge on any atom is -0.229 e. The molecule has 0 aliphatic heterocycles. The maximum Gasteiger partial charge on any atom is 0.128 e. The lowest BCUT2D eigenvalue weighted by Crippen LogP contribution is -1.87. The van der Waals surface area contributed by atoms with E-state index in [1.807, 2.05) is 6.07 Å². The second-order valence-corrected chi connectivity index (χ2v) is 6.58. The predicted octanol–water partition coefficient (Wildman–Crippen LogP) is 4.60. The van der Waals surface area contributed by atoms with Crippen molar-refractivity contribution in [2.45, 2.75) is 24.6 Å². The number of aromatic nitrogens is 2. The first kappa shape index (κ1) is 12.6. The smallest absolute Gasteiger partial charge is 0.128 e. The van der Waals surface area contributed by atoms with Crippen molar-refractivity contribution < 1.29 is 0 Å². The van der Waals surface area contributed by atoms with Crippen LogP contribution in [-0.4, -0.2) is 9.97 Å². The SMILES string of the molecule is Cc1sc2ncnc(SCc3ccccc3)c2c1C. The highest BCUT2D eigenvalue weighted by Crippen LogP contribution is 2.35. The van der Waals surface area contributed by atoms with Gasteiger partial charge >= 0.3 is 0 Å². The van der Waals surface area contributed by atoms with E-state index in [0.29, 0.717) is 0 Å². The molecule has 0 fully saturated rings. The Morgan fingerprint density at radius 3 is 2.68 bits per heavy atom. The van der Waals surface area contributed by atoms with Crippen LogP contribution in [0.5, 0.6) is 0 Å². The van der Waals surface area contributed by atoms with Crippen LogP contribution in [0.2, 0.25) is 0 Å². The second kappa shape index (κ2) is 5.31. The van der Waals surface area contributed by atoms with Crippen LogP contribution in [0.3, 0.4) is 0 Å². The van der Waals surface area contributed by atoms with E-state index >= 15 is 0 Å². The van der Waals surface area contributed by atoms with Gasteiger partial charge in [0.05, 0.1) is 0 Å². The van der Waals surface area contributed by atoms with Crippen LogP contribution in [0, 0.1) is 13.8 Å². The van der Waals surface area contributed by atoms with Crippen molar-refractivity contribution in [1.29, 1.82) is 0 Å². The van der Waals surface area contributed by atoms with Gasteiger partial charge in [-0.15, -0.1) is 23.1 Å². The molecule has 0 unspecified atom stereocenters. The Morgan fingerprint density at radius 1 is 1.11 bits per heavy atom. The molecule has 4 heteroatoms. The molecule has 2 heterocycles. The van der Waals surface area contributed by atoms with Gasteiger partial charge in [0, 0.05) is 16.0 Å². The molecule has 19 heavy (non-hydrogen) atoms. The third kappa shape index (κ3) is 2.51. The van der Waals surface area contributed by atoms with E-state index in [0.717, 1.165) is 15.6 Å². The lowest BCUT2D eigenvalue weighted by molar-refractivity contribution is 1.10. The Morgan fingerprint density at radius 2 is 1.89 bits per heavy atom. The Labute approximate surface area is 120 Å². The van der Waals surface area contributed by atoms with Crippen LogP contribution in [0.25, 0.3) is 10.2 Å². The van der Waals surface area contributed by atoms with Crippen molar-refractivity contribution in [2.24, 2.45) is 0 Å². The Balaban J connectivity index is 1.93. The topological polar surface area (TPSA) is 25.8 Å². The maximum atomic E-state index is 4.45. The van der Waals surface area contributed by atoms with Gasteiger partial charge in [0.15, 0.2) is 0 Å². The zero-order valence-corrected chi connectivity index (χ0v) is 12.5. The van der Waals surface area contributed by atoms with Crippen molar-refractivity contribution in [3.05, 3.63) is 52.7 Å². The van der Waals surface area contributed by atoms with E-state index in [9.17, 15) is 0 Å². The first-order valence-electron chi connectivity index (χ1n) is 6.13. The molecule has 1 aromatic carbocycles. The van der Waals surface area contributed by atoms with Gasteiger partial charge in [0.2, 0.25) is 0 Å². The van der Waals surface area contributed by atoms with Crippen LogP contribution >= 0.6 is 23.1 Å². The molecule has 2 nitrogen and oxygen atoms in total. The number of thiophene rings is 1. The first-order valence-corrected chi connectivity index (χ1v) is 7.93. The van der Waals surface area contributed by atoms with Gasteiger partial charge in [-0.25, -0.2) is 9.97 Å². The number of nitrogens with zero attached hydrogens (tertiary/aromatic N) is 2. The van der Waals surface area contributed by atoms with Gasteiger partial charge in [-0.3, -0.25) is 0 Å². The highest BCUT2D eigenvalue weighted by molar-refractivity contribution is 7.98. The van der Waals surface area contributed by atoms with Crippen LogP contribution in [-0.2, 0) is 5.75 Å². The first-order chi connectivity index (χ1) is 9.25. The fraction of sp³-hybridized carbons (Fsp3) is 0.200. The number of rotatable bonds is 3. The van der Waals surface area contributed by atoms with Gasteiger partial charge < -0.3 is 0 Å². The molecule has 3 aromatic rings. The molecule has 0 bridgehead atoms. The normalized spacial score (nSPS) is 11.1. The summed E-state index contributed by atoms with van der Waals surface area (Å²) in [6.07, 6.45) is 1.67. The van der Waals surface area contributed by atoms with E-state index < -0.39 is 0 Å². The summed E-state index contributed by atoms with van der Waals surface area (Å²) >= 11 is 3.54. The van der Waals surface area contributed by atoms with E-state index in [-0.39, 0.29) is 0 Å². The summed E-state index contributed by atoms with van der Waals surface area (Å²) in [5, 5.41) is 2.32. The summed E-state index contributed by atoms with van der Waals surface area (Å²) in [5.74, 6) is 0.946. The summed E-state index contributed by atoms with van der Waals surface area (Å²) in [6, 6.07) is 10.5. The highest BCUT2D eigenvalue weighted by Gasteiger charge is 2.12. The Bertz CT molecular complexity index is 705. The molecule has 0 aliphatic carbocycles. The van der Waals surface area contributed by atoms with E-state index in [4.69, 9.17) is 0 Å². The van der Waals surface area contributed by atoms with Crippen LogP contribution in [0.4, 0.5) is 0 Å². The summed E-state index contributed by atoms with van der Waals surface area (Å²) < 4.78 is 0. The third-order valence-corrected chi connectivity index (χ3v) is 5.32. The average Bonchev–Trinajstić information content (AvgIpc) is 2.74. The third-order valence-electron chi connectivity index (χ3n) is 3.15.